The van der Waals surface area contributed by atoms with Crippen molar-refractivity contribution in [3.8, 4) is 0 Å². The predicted molar refractivity (Wildman–Crippen MR) is 162 cm³/mol. The van der Waals surface area contributed by atoms with E-state index >= 15 is 0 Å². The zero-order valence-corrected chi connectivity index (χ0v) is 26.8. The molecule has 9 heteroatoms. The Morgan fingerprint density at radius 3 is 2.12 bits per heavy atom. The number of hydrogen-bond acceptors (Lipinski definition) is 6. The molecule has 2 heterocycles. The smallest absolute Gasteiger partial charge is 0.410 e. The maximum Gasteiger partial charge on any atom is 0.410 e. The first-order chi connectivity index (χ1) is 19.1. The second-order valence-electron chi connectivity index (χ2n) is 14.4. The molecule has 0 aromatic carbocycles. The molecule has 230 valence electrons. The molecule has 1 aliphatic heterocycles. The van der Waals surface area contributed by atoms with E-state index in [1.807, 2.05) is 31.7 Å². The van der Waals surface area contributed by atoms with E-state index in [1.54, 1.807) is 4.90 Å². The minimum Gasteiger partial charge on any atom is -0.477 e. The van der Waals surface area contributed by atoms with Crippen LogP contribution in [-0.2, 0) is 19.7 Å². The van der Waals surface area contributed by atoms with Gasteiger partial charge < -0.3 is 24.4 Å². The maximum absolute atomic E-state index is 14.2. The highest BCUT2D eigenvalue weighted by atomic mass is 32.1. The fourth-order valence-electron chi connectivity index (χ4n) is 6.33. The van der Waals surface area contributed by atoms with Gasteiger partial charge in [0.15, 0.2) is 0 Å². The standard InChI is InChI=1S/C32H50N2O6S/c1-20-8-10-21(11-9-20)28(35)34(25-18-26(31(2,3)4)41-27(25)29(36)37)22-12-14-23(15-13-22)39-24-16-17-33(19-24)30(38)40-32(5,6)7/h18,20-24H,8-17,19H2,1-7H3,(H,36,37)/t20-,21-,22-,23-,24-/m1/s1. The summed E-state index contributed by atoms with van der Waals surface area (Å²) in [4.78, 5) is 43.9. The van der Waals surface area contributed by atoms with E-state index in [0.717, 1.165) is 62.7 Å². The fourth-order valence-corrected chi connectivity index (χ4v) is 7.37. The molecule has 41 heavy (non-hydrogen) atoms. The molecule has 1 aromatic rings. The lowest BCUT2D eigenvalue weighted by Gasteiger charge is -2.40. The first-order valence-electron chi connectivity index (χ1n) is 15.5. The van der Waals surface area contributed by atoms with Crippen LogP contribution in [0.4, 0.5) is 10.5 Å². The van der Waals surface area contributed by atoms with Crippen molar-refractivity contribution < 1.29 is 29.0 Å². The third-order valence-electron chi connectivity index (χ3n) is 8.70. The molecular formula is C32H50N2O6S. The number of likely N-dealkylation sites (tertiary alicyclic amines) is 1. The van der Waals surface area contributed by atoms with Crippen LogP contribution >= 0.6 is 11.3 Å². The van der Waals surface area contributed by atoms with Crippen LogP contribution in [0.1, 0.15) is 121 Å². The number of hydrogen-bond donors (Lipinski definition) is 1. The van der Waals surface area contributed by atoms with E-state index in [2.05, 4.69) is 27.7 Å². The molecular weight excluding hydrogens is 540 g/mol. The van der Waals surface area contributed by atoms with E-state index in [9.17, 15) is 19.5 Å². The van der Waals surface area contributed by atoms with Gasteiger partial charge in [0.1, 0.15) is 10.5 Å². The number of ether oxygens (including phenoxy) is 2. The lowest BCUT2D eigenvalue weighted by Crippen LogP contribution is -2.47. The summed E-state index contributed by atoms with van der Waals surface area (Å²) < 4.78 is 12.0. The largest absolute Gasteiger partial charge is 0.477 e. The average molecular weight is 591 g/mol. The first kappa shape index (κ1) is 31.8. The van der Waals surface area contributed by atoms with Crippen molar-refractivity contribution in [2.45, 2.75) is 136 Å². The van der Waals surface area contributed by atoms with E-state index in [4.69, 9.17) is 9.47 Å². The summed E-state index contributed by atoms with van der Waals surface area (Å²) in [5, 5.41) is 10.2. The van der Waals surface area contributed by atoms with Gasteiger partial charge in [-0.05, 0) is 96.0 Å². The first-order valence-corrected chi connectivity index (χ1v) is 16.3. The summed E-state index contributed by atoms with van der Waals surface area (Å²) in [5.74, 6) is -0.309. The number of carbonyl (C=O) groups excluding carboxylic acids is 2. The Bertz CT molecular complexity index is 1090. The Balaban J connectivity index is 1.46. The molecule has 2 saturated carbocycles. The number of carboxylic acids is 1. The topological polar surface area (TPSA) is 96.4 Å². The summed E-state index contributed by atoms with van der Waals surface area (Å²) in [6.45, 7) is 15.3. The Labute approximate surface area is 249 Å². The average Bonchev–Trinajstić information content (AvgIpc) is 3.53. The van der Waals surface area contributed by atoms with Crippen molar-refractivity contribution in [2.75, 3.05) is 18.0 Å². The molecule has 3 fully saturated rings. The van der Waals surface area contributed by atoms with Gasteiger partial charge in [0.25, 0.3) is 0 Å². The molecule has 0 radical (unpaired) electrons. The zero-order chi connectivity index (χ0) is 30.1. The molecule has 0 bridgehead atoms. The van der Waals surface area contributed by atoms with Crippen molar-refractivity contribution >= 4 is 35.0 Å². The Morgan fingerprint density at radius 1 is 0.927 bits per heavy atom. The number of thiophene rings is 1. The number of carbonyl (C=O) groups is 3. The molecule has 1 saturated heterocycles. The molecule has 1 N–H and O–H groups in total. The Kier molecular flexibility index (Phi) is 9.79. The predicted octanol–water partition coefficient (Wildman–Crippen LogP) is 7.24. The minimum absolute atomic E-state index is 0.0177. The van der Waals surface area contributed by atoms with Gasteiger partial charge in [-0.15, -0.1) is 11.3 Å². The molecule has 2 amide bonds. The van der Waals surface area contributed by atoms with Crippen LogP contribution in [0.5, 0.6) is 0 Å². The molecule has 8 nitrogen and oxygen atoms in total. The number of nitrogens with zero attached hydrogens (tertiary/aromatic N) is 2. The van der Waals surface area contributed by atoms with Gasteiger partial charge >= 0.3 is 12.1 Å². The van der Waals surface area contributed by atoms with Crippen LogP contribution in [0.15, 0.2) is 6.07 Å². The van der Waals surface area contributed by atoms with Gasteiger partial charge in [-0.25, -0.2) is 9.59 Å². The van der Waals surface area contributed by atoms with Gasteiger partial charge in [-0.3, -0.25) is 4.79 Å². The van der Waals surface area contributed by atoms with Gasteiger partial charge in [0, 0.05) is 23.4 Å². The van der Waals surface area contributed by atoms with E-state index in [-0.39, 0.29) is 46.5 Å². The highest BCUT2D eigenvalue weighted by Gasteiger charge is 2.39. The molecule has 4 rings (SSSR count). The SMILES string of the molecule is CC(C)(C)OC(=O)N1CC[C@@H](O[C@H]2CC[C@H](N(c3cc(C(C)(C)C)sc3C(=O)O)C(=O)[C@H]3CC[C@H](C)CC3)CC2)C1. The summed E-state index contributed by atoms with van der Waals surface area (Å²) in [7, 11) is 0. The van der Waals surface area contributed by atoms with E-state index in [0.29, 0.717) is 24.7 Å². The Morgan fingerprint density at radius 2 is 1.56 bits per heavy atom. The molecule has 3 aliphatic rings. The van der Waals surface area contributed by atoms with Gasteiger partial charge in [0.05, 0.1) is 24.4 Å². The Hall–Kier alpha value is -2.13. The van der Waals surface area contributed by atoms with Gasteiger partial charge in [-0.2, -0.15) is 0 Å². The number of carboxylic acid groups (broad SMARTS) is 1. The number of anilines is 1. The van der Waals surface area contributed by atoms with Crippen LogP contribution in [-0.4, -0.2) is 64.9 Å². The third-order valence-corrected chi connectivity index (χ3v) is 10.2. The quantitative estimate of drug-likeness (QED) is 0.375. The number of aromatic carboxylic acids is 1. The van der Waals surface area contributed by atoms with Crippen LogP contribution < -0.4 is 4.90 Å². The van der Waals surface area contributed by atoms with Crippen LogP contribution in [0.25, 0.3) is 0 Å². The third kappa shape index (κ3) is 8.04. The second-order valence-corrected chi connectivity index (χ2v) is 15.5. The normalized spacial score (nSPS) is 27.5. The summed E-state index contributed by atoms with van der Waals surface area (Å²) in [6.07, 6.45) is 7.48. The summed E-state index contributed by atoms with van der Waals surface area (Å²) >= 11 is 1.30. The zero-order valence-electron chi connectivity index (χ0n) is 26.0. The van der Waals surface area contributed by atoms with Crippen molar-refractivity contribution in [3.63, 3.8) is 0 Å². The van der Waals surface area contributed by atoms with E-state index < -0.39 is 11.6 Å². The van der Waals surface area contributed by atoms with Crippen LogP contribution in [0.2, 0.25) is 0 Å². The molecule has 0 unspecified atom stereocenters. The summed E-state index contributed by atoms with van der Waals surface area (Å²) in [6, 6.07) is 1.91. The molecule has 0 spiro atoms. The molecule has 1 aromatic heterocycles. The van der Waals surface area contributed by atoms with Crippen molar-refractivity contribution in [2.24, 2.45) is 11.8 Å². The number of rotatable bonds is 6. The highest BCUT2D eigenvalue weighted by Crippen LogP contribution is 2.42. The van der Waals surface area contributed by atoms with Gasteiger partial charge in [-0.1, -0.05) is 27.7 Å². The minimum atomic E-state index is -0.969. The van der Waals surface area contributed by atoms with Crippen LogP contribution in [0, 0.1) is 11.8 Å². The maximum atomic E-state index is 14.2. The lowest BCUT2D eigenvalue weighted by atomic mass is 9.81. The second kappa shape index (κ2) is 12.6. The number of amides is 2. The van der Waals surface area contributed by atoms with E-state index in [1.165, 1.54) is 11.3 Å². The van der Waals surface area contributed by atoms with Crippen LogP contribution in [0.3, 0.4) is 0 Å². The fraction of sp³-hybridized carbons (Fsp3) is 0.781. The highest BCUT2D eigenvalue weighted by molar-refractivity contribution is 7.14. The summed E-state index contributed by atoms with van der Waals surface area (Å²) in [5.41, 5.74) is -0.157. The molecule has 2 aliphatic carbocycles. The van der Waals surface area contributed by atoms with Gasteiger partial charge in [0.2, 0.25) is 5.91 Å². The lowest BCUT2D eigenvalue weighted by molar-refractivity contribution is -0.124. The van der Waals surface area contributed by atoms with Crippen molar-refractivity contribution in [1.82, 2.24) is 4.90 Å². The monoisotopic (exact) mass is 590 g/mol. The molecule has 1 atom stereocenters. The van der Waals surface area contributed by atoms with Crippen molar-refractivity contribution in [1.29, 1.82) is 0 Å². The van der Waals surface area contributed by atoms with Crippen molar-refractivity contribution in [3.05, 3.63) is 15.8 Å².